The van der Waals surface area contributed by atoms with Gasteiger partial charge in [-0.1, -0.05) is 11.6 Å². The van der Waals surface area contributed by atoms with Gasteiger partial charge in [-0.05, 0) is 25.0 Å². The van der Waals surface area contributed by atoms with Crippen LogP contribution in [-0.4, -0.2) is 38.7 Å². The molecule has 112 valence electrons. The van der Waals surface area contributed by atoms with Gasteiger partial charge in [0, 0.05) is 30.1 Å². The van der Waals surface area contributed by atoms with Crippen molar-refractivity contribution in [3.8, 4) is 5.75 Å². The van der Waals surface area contributed by atoms with Crippen LogP contribution in [0, 0.1) is 5.92 Å². The van der Waals surface area contributed by atoms with E-state index in [-0.39, 0.29) is 5.92 Å². The van der Waals surface area contributed by atoms with Crippen LogP contribution in [0.4, 0.5) is 5.69 Å². The number of hydrogen-bond acceptors (Lipinski definition) is 4. The Morgan fingerprint density at radius 2 is 2.25 bits per heavy atom. The number of rotatable bonds is 4. The molecule has 0 saturated carbocycles. The summed E-state index contributed by atoms with van der Waals surface area (Å²) < 4.78 is 30.3. The van der Waals surface area contributed by atoms with Crippen molar-refractivity contribution in [1.82, 2.24) is 4.31 Å². The second-order valence-electron chi connectivity index (χ2n) is 5.12. The monoisotopic (exact) mass is 318 g/mol. The lowest BCUT2D eigenvalue weighted by Gasteiger charge is -2.30. The maximum Gasteiger partial charge on any atom is 0.211 e. The molecule has 0 spiro atoms. The average molecular weight is 319 g/mol. The van der Waals surface area contributed by atoms with Gasteiger partial charge >= 0.3 is 0 Å². The predicted octanol–water partition coefficient (Wildman–Crippen LogP) is 1.97. The molecular formula is C13H19ClN2O3S. The summed E-state index contributed by atoms with van der Waals surface area (Å²) in [5.74, 6) is 0.728. The fourth-order valence-electron chi connectivity index (χ4n) is 2.30. The molecule has 0 aromatic heterocycles. The first-order chi connectivity index (χ1) is 9.36. The lowest BCUT2D eigenvalue weighted by molar-refractivity contribution is 0.181. The first-order valence-electron chi connectivity index (χ1n) is 6.49. The van der Waals surface area contributed by atoms with Crippen LogP contribution in [0.1, 0.15) is 12.8 Å². The standard InChI is InChI=1S/C13H19ClN2O3S/c1-20(17,18)16-6-2-3-10(8-16)9-19-13-7-11(14)4-5-12(13)15/h4-5,7,10H,2-3,6,8-9,15H2,1H3. The number of halogens is 1. The molecule has 1 fully saturated rings. The van der Waals surface area contributed by atoms with Crippen molar-refractivity contribution in [2.45, 2.75) is 12.8 Å². The van der Waals surface area contributed by atoms with Gasteiger partial charge in [0.1, 0.15) is 5.75 Å². The number of piperidine rings is 1. The molecule has 2 N–H and O–H groups in total. The summed E-state index contributed by atoms with van der Waals surface area (Å²) in [6.45, 7) is 1.53. The van der Waals surface area contributed by atoms with Gasteiger partial charge in [0.25, 0.3) is 0 Å². The number of nitrogens with two attached hydrogens (primary N) is 1. The minimum atomic E-state index is -3.12. The Morgan fingerprint density at radius 3 is 2.95 bits per heavy atom. The second-order valence-corrected chi connectivity index (χ2v) is 7.54. The molecule has 20 heavy (non-hydrogen) atoms. The zero-order valence-electron chi connectivity index (χ0n) is 11.4. The molecule has 1 heterocycles. The molecule has 1 aliphatic rings. The summed E-state index contributed by atoms with van der Waals surface area (Å²) in [7, 11) is -3.12. The maximum absolute atomic E-state index is 11.6. The van der Waals surface area contributed by atoms with Crippen molar-refractivity contribution < 1.29 is 13.2 Å². The van der Waals surface area contributed by atoms with Gasteiger partial charge in [0.15, 0.2) is 0 Å². The van der Waals surface area contributed by atoms with Gasteiger partial charge in [0.2, 0.25) is 10.0 Å². The second kappa shape index (κ2) is 6.20. The third kappa shape index (κ3) is 4.01. The number of hydrogen-bond donors (Lipinski definition) is 1. The normalized spacial score (nSPS) is 20.8. The van der Waals surface area contributed by atoms with Crippen LogP contribution in [0.25, 0.3) is 0 Å². The van der Waals surface area contributed by atoms with Crippen molar-refractivity contribution >= 4 is 27.3 Å². The Morgan fingerprint density at radius 1 is 1.50 bits per heavy atom. The smallest absolute Gasteiger partial charge is 0.211 e. The Bertz CT molecular complexity index is 577. The van der Waals surface area contributed by atoms with E-state index in [1.165, 1.54) is 10.6 Å². The van der Waals surface area contributed by atoms with E-state index in [1.54, 1.807) is 18.2 Å². The Hall–Kier alpha value is -0.980. The zero-order chi connectivity index (χ0) is 14.8. The van der Waals surface area contributed by atoms with Crippen LogP contribution >= 0.6 is 11.6 Å². The van der Waals surface area contributed by atoms with E-state index in [2.05, 4.69) is 0 Å². The highest BCUT2D eigenvalue weighted by Crippen LogP contribution is 2.27. The van der Waals surface area contributed by atoms with Crippen molar-refractivity contribution in [3.63, 3.8) is 0 Å². The Kier molecular flexibility index (Phi) is 4.78. The van der Waals surface area contributed by atoms with E-state index in [0.29, 0.717) is 36.2 Å². The number of nitrogens with zero attached hydrogens (tertiary/aromatic N) is 1. The fourth-order valence-corrected chi connectivity index (χ4v) is 3.41. The first kappa shape index (κ1) is 15.4. The highest BCUT2D eigenvalue weighted by Gasteiger charge is 2.26. The average Bonchev–Trinajstić information content (AvgIpc) is 2.39. The molecule has 1 aromatic carbocycles. The molecule has 0 radical (unpaired) electrons. The van der Waals surface area contributed by atoms with Crippen molar-refractivity contribution in [2.75, 3.05) is 31.7 Å². The number of anilines is 1. The number of ether oxygens (including phenoxy) is 1. The highest BCUT2D eigenvalue weighted by molar-refractivity contribution is 7.88. The summed E-state index contributed by atoms with van der Waals surface area (Å²) in [4.78, 5) is 0. The SMILES string of the molecule is CS(=O)(=O)N1CCCC(COc2cc(Cl)ccc2N)C1. The summed E-state index contributed by atoms with van der Waals surface area (Å²) in [5.41, 5.74) is 6.34. The molecule has 1 unspecified atom stereocenters. The Balaban J connectivity index is 1.95. The Labute approximate surface area is 124 Å². The van der Waals surface area contributed by atoms with Crippen molar-refractivity contribution in [2.24, 2.45) is 5.92 Å². The van der Waals surface area contributed by atoms with Gasteiger partial charge in [-0.3, -0.25) is 0 Å². The topological polar surface area (TPSA) is 72.6 Å². The highest BCUT2D eigenvalue weighted by atomic mass is 35.5. The van der Waals surface area contributed by atoms with E-state index < -0.39 is 10.0 Å². The quantitative estimate of drug-likeness (QED) is 0.861. The lowest BCUT2D eigenvalue weighted by Crippen LogP contribution is -2.40. The van der Waals surface area contributed by atoms with Crippen molar-refractivity contribution in [3.05, 3.63) is 23.2 Å². The van der Waals surface area contributed by atoms with Crippen LogP contribution in [0.3, 0.4) is 0 Å². The van der Waals surface area contributed by atoms with Crippen LogP contribution in [0.2, 0.25) is 5.02 Å². The maximum atomic E-state index is 11.6. The number of nitrogen functional groups attached to an aromatic ring is 1. The molecule has 5 nitrogen and oxygen atoms in total. The summed E-state index contributed by atoms with van der Waals surface area (Å²) in [6.07, 6.45) is 3.05. The van der Waals surface area contributed by atoms with E-state index in [1.807, 2.05) is 0 Å². The summed E-state index contributed by atoms with van der Waals surface area (Å²) in [6, 6.07) is 5.07. The van der Waals surface area contributed by atoms with Gasteiger partial charge in [-0.25, -0.2) is 12.7 Å². The number of benzene rings is 1. The van der Waals surface area contributed by atoms with Crippen LogP contribution in [-0.2, 0) is 10.0 Å². The van der Waals surface area contributed by atoms with E-state index in [4.69, 9.17) is 22.1 Å². The first-order valence-corrected chi connectivity index (χ1v) is 8.72. The largest absolute Gasteiger partial charge is 0.491 e. The van der Waals surface area contributed by atoms with Gasteiger partial charge in [-0.2, -0.15) is 0 Å². The predicted molar refractivity (Wildman–Crippen MR) is 80.5 cm³/mol. The van der Waals surface area contributed by atoms with Crippen LogP contribution in [0.15, 0.2) is 18.2 Å². The molecule has 0 aliphatic carbocycles. The van der Waals surface area contributed by atoms with Crippen LogP contribution in [0.5, 0.6) is 5.75 Å². The molecule has 1 atom stereocenters. The lowest BCUT2D eigenvalue weighted by atomic mass is 10.0. The molecule has 7 heteroatoms. The molecule has 1 aromatic rings. The molecule has 2 rings (SSSR count). The summed E-state index contributed by atoms with van der Waals surface area (Å²) in [5, 5.41) is 0.565. The van der Waals surface area contributed by atoms with E-state index in [0.717, 1.165) is 12.8 Å². The summed E-state index contributed by atoms with van der Waals surface area (Å²) >= 11 is 5.90. The molecule has 1 aliphatic heterocycles. The van der Waals surface area contributed by atoms with Gasteiger partial charge in [-0.15, -0.1) is 0 Å². The van der Waals surface area contributed by atoms with Crippen molar-refractivity contribution in [1.29, 1.82) is 0 Å². The van der Waals surface area contributed by atoms with Gasteiger partial charge in [0.05, 0.1) is 18.6 Å². The third-order valence-corrected chi connectivity index (χ3v) is 4.91. The van der Waals surface area contributed by atoms with Gasteiger partial charge < -0.3 is 10.5 Å². The van der Waals surface area contributed by atoms with Crippen LogP contribution < -0.4 is 10.5 Å². The minimum Gasteiger partial charge on any atom is -0.491 e. The molecular weight excluding hydrogens is 300 g/mol. The molecule has 0 bridgehead atoms. The third-order valence-electron chi connectivity index (χ3n) is 3.40. The molecule has 0 amide bonds. The zero-order valence-corrected chi connectivity index (χ0v) is 13.0. The van der Waals surface area contributed by atoms with E-state index >= 15 is 0 Å². The fraction of sp³-hybridized carbons (Fsp3) is 0.538. The number of sulfonamides is 1. The molecule has 1 saturated heterocycles. The minimum absolute atomic E-state index is 0.178. The van der Waals surface area contributed by atoms with E-state index in [9.17, 15) is 8.42 Å².